The van der Waals surface area contributed by atoms with Gasteiger partial charge >= 0.3 is 0 Å². The number of aromatic nitrogens is 1. The third-order valence-corrected chi connectivity index (χ3v) is 6.69. The lowest BCUT2D eigenvalue weighted by atomic mass is 10.1. The van der Waals surface area contributed by atoms with Gasteiger partial charge in [-0.25, -0.2) is 4.98 Å². The number of nitrogens with two attached hydrogens (primary N) is 1. The predicted molar refractivity (Wildman–Crippen MR) is 84.5 cm³/mol. The number of hydrogen-bond acceptors (Lipinski definition) is 5. The van der Waals surface area contributed by atoms with E-state index in [1.165, 1.54) is 22.3 Å². The Hall–Kier alpha value is -0.650. The van der Waals surface area contributed by atoms with E-state index in [9.17, 15) is 0 Å². The van der Waals surface area contributed by atoms with Crippen molar-refractivity contribution in [3.8, 4) is 11.3 Å². The molecular formula is C13H14N2S3. The molecule has 3 rings (SSSR count). The quantitative estimate of drug-likeness (QED) is 0.852. The van der Waals surface area contributed by atoms with E-state index < -0.39 is 0 Å². The summed E-state index contributed by atoms with van der Waals surface area (Å²) in [6.45, 7) is 0. The predicted octanol–water partition coefficient (Wildman–Crippen LogP) is 3.91. The molecule has 1 atom stereocenters. The van der Waals surface area contributed by atoms with Gasteiger partial charge in [0.25, 0.3) is 0 Å². The Balaban J connectivity index is 1.82. The Morgan fingerprint density at radius 2 is 2.00 bits per heavy atom. The van der Waals surface area contributed by atoms with Crippen molar-refractivity contribution in [3.05, 3.63) is 34.7 Å². The van der Waals surface area contributed by atoms with Crippen molar-refractivity contribution in [2.75, 3.05) is 23.0 Å². The second-order valence-corrected chi connectivity index (χ2v) is 7.48. The average molecular weight is 294 g/mol. The van der Waals surface area contributed by atoms with Crippen molar-refractivity contribution in [1.29, 1.82) is 0 Å². The van der Waals surface area contributed by atoms with Crippen molar-refractivity contribution in [2.45, 2.75) is 5.25 Å². The van der Waals surface area contributed by atoms with Crippen molar-refractivity contribution >= 4 is 40.5 Å². The number of nitrogens with zero attached hydrogens (tertiary/aromatic N) is 1. The van der Waals surface area contributed by atoms with E-state index in [0.717, 1.165) is 16.9 Å². The molecule has 2 heterocycles. The van der Waals surface area contributed by atoms with Crippen LogP contribution in [0.1, 0.15) is 10.3 Å². The number of benzene rings is 1. The summed E-state index contributed by atoms with van der Waals surface area (Å²) in [5, 5.41) is 4.00. The number of anilines is 1. The summed E-state index contributed by atoms with van der Waals surface area (Å²) in [6, 6.07) is 7.94. The molecule has 1 aliphatic rings. The summed E-state index contributed by atoms with van der Waals surface area (Å²) >= 11 is 5.85. The summed E-state index contributed by atoms with van der Waals surface area (Å²) < 4.78 is 0. The van der Waals surface area contributed by atoms with E-state index in [-0.39, 0.29) is 0 Å². The molecular weight excluding hydrogens is 280 g/mol. The Kier molecular flexibility index (Phi) is 3.82. The highest BCUT2D eigenvalue weighted by Gasteiger charge is 2.19. The minimum atomic E-state index is 0.580. The Labute approximate surface area is 119 Å². The van der Waals surface area contributed by atoms with Crippen LogP contribution in [0.5, 0.6) is 0 Å². The van der Waals surface area contributed by atoms with Crippen LogP contribution in [0, 0.1) is 0 Å². The molecule has 1 aromatic heterocycles. The van der Waals surface area contributed by atoms with Gasteiger partial charge in [0.2, 0.25) is 0 Å². The van der Waals surface area contributed by atoms with Crippen LogP contribution in [-0.4, -0.2) is 22.2 Å². The number of rotatable bonds is 2. The zero-order valence-electron chi connectivity index (χ0n) is 9.83. The highest BCUT2D eigenvalue weighted by molar-refractivity contribution is 8.06. The van der Waals surface area contributed by atoms with E-state index in [4.69, 9.17) is 10.7 Å². The molecule has 1 aromatic carbocycles. The smallest absolute Gasteiger partial charge is 0.107 e. The number of thiazole rings is 1. The molecule has 0 radical (unpaired) electrons. The normalized spacial score (nSPS) is 19.9. The minimum Gasteiger partial charge on any atom is -0.399 e. The zero-order chi connectivity index (χ0) is 12.4. The molecule has 0 bridgehead atoms. The van der Waals surface area contributed by atoms with Crippen LogP contribution >= 0.6 is 34.9 Å². The molecule has 5 heteroatoms. The lowest BCUT2D eigenvalue weighted by molar-refractivity contribution is 1.07. The van der Waals surface area contributed by atoms with E-state index in [2.05, 4.69) is 5.38 Å². The summed E-state index contributed by atoms with van der Waals surface area (Å²) in [4.78, 5) is 4.78. The Morgan fingerprint density at radius 3 is 2.72 bits per heavy atom. The largest absolute Gasteiger partial charge is 0.399 e. The van der Waals surface area contributed by atoms with Gasteiger partial charge in [0.05, 0.1) is 10.9 Å². The molecule has 2 aromatic rings. The zero-order valence-corrected chi connectivity index (χ0v) is 12.3. The van der Waals surface area contributed by atoms with Gasteiger partial charge in [-0.3, -0.25) is 0 Å². The fraction of sp³-hybridized carbons (Fsp3) is 0.308. The van der Waals surface area contributed by atoms with Gasteiger partial charge in [-0.15, -0.1) is 23.1 Å². The lowest BCUT2D eigenvalue weighted by Gasteiger charge is -2.18. The van der Waals surface area contributed by atoms with Crippen molar-refractivity contribution in [3.63, 3.8) is 0 Å². The number of hydrogen-bond donors (Lipinski definition) is 1. The van der Waals surface area contributed by atoms with Gasteiger partial charge in [-0.1, -0.05) is 12.1 Å². The van der Waals surface area contributed by atoms with Gasteiger partial charge in [0, 0.05) is 33.9 Å². The molecule has 1 saturated heterocycles. The third kappa shape index (κ3) is 2.68. The molecule has 1 fully saturated rings. The monoisotopic (exact) mass is 294 g/mol. The van der Waals surface area contributed by atoms with Crippen molar-refractivity contribution < 1.29 is 0 Å². The van der Waals surface area contributed by atoms with Gasteiger partial charge in [0.15, 0.2) is 0 Å². The molecule has 94 valence electrons. The second kappa shape index (κ2) is 5.55. The van der Waals surface area contributed by atoms with Crippen LogP contribution < -0.4 is 5.73 Å². The van der Waals surface area contributed by atoms with E-state index in [1.807, 2.05) is 47.8 Å². The van der Waals surface area contributed by atoms with Crippen LogP contribution in [0.25, 0.3) is 11.3 Å². The van der Waals surface area contributed by atoms with Crippen LogP contribution in [0.4, 0.5) is 5.69 Å². The molecule has 0 saturated carbocycles. The van der Waals surface area contributed by atoms with Gasteiger partial charge in [-0.05, 0) is 12.1 Å². The summed E-state index contributed by atoms with van der Waals surface area (Å²) in [7, 11) is 0. The molecule has 2 N–H and O–H groups in total. The third-order valence-electron chi connectivity index (χ3n) is 2.82. The standard InChI is InChI=1S/C13H14N2S3/c14-10-3-1-9(2-4-10)11-7-18-13(15-11)12-8-16-5-6-17-12/h1-4,7,12H,5-6,8,14H2. The average Bonchev–Trinajstić information content (AvgIpc) is 2.90. The maximum absolute atomic E-state index is 5.70. The Bertz CT molecular complexity index is 515. The first-order valence-corrected chi connectivity index (χ1v) is 8.92. The maximum atomic E-state index is 5.70. The number of thioether (sulfide) groups is 2. The highest BCUT2D eigenvalue weighted by atomic mass is 32.2. The molecule has 0 spiro atoms. The molecule has 1 aliphatic heterocycles. The summed E-state index contributed by atoms with van der Waals surface area (Å²) in [5.41, 5.74) is 8.73. The van der Waals surface area contributed by atoms with Gasteiger partial charge in [-0.2, -0.15) is 11.8 Å². The first-order chi connectivity index (χ1) is 8.83. The fourth-order valence-corrected chi connectivity index (χ4v) is 5.68. The van der Waals surface area contributed by atoms with Crippen molar-refractivity contribution in [2.24, 2.45) is 0 Å². The second-order valence-electron chi connectivity index (χ2n) is 4.13. The van der Waals surface area contributed by atoms with Crippen molar-refractivity contribution in [1.82, 2.24) is 4.98 Å². The minimum absolute atomic E-state index is 0.580. The molecule has 0 amide bonds. The molecule has 0 aliphatic carbocycles. The lowest BCUT2D eigenvalue weighted by Crippen LogP contribution is -2.06. The van der Waals surface area contributed by atoms with Crippen LogP contribution in [0.2, 0.25) is 0 Å². The maximum Gasteiger partial charge on any atom is 0.107 e. The van der Waals surface area contributed by atoms with Crippen LogP contribution in [0.3, 0.4) is 0 Å². The highest BCUT2D eigenvalue weighted by Crippen LogP contribution is 2.39. The van der Waals surface area contributed by atoms with Gasteiger partial charge < -0.3 is 5.73 Å². The van der Waals surface area contributed by atoms with E-state index >= 15 is 0 Å². The fourth-order valence-electron chi connectivity index (χ4n) is 1.85. The summed E-state index contributed by atoms with van der Waals surface area (Å²) in [5.74, 6) is 3.71. The van der Waals surface area contributed by atoms with Crippen LogP contribution in [0.15, 0.2) is 29.6 Å². The number of nitrogen functional groups attached to an aromatic ring is 1. The summed E-state index contributed by atoms with van der Waals surface area (Å²) in [6.07, 6.45) is 0. The SMILES string of the molecule is Nc1ccc(-c2csc(C3CSCCS3)n2)cc1. The van der Waals surface area contributed by atoms with Gasteiger partial charge in [0.1, 0.15) is 5.01 Å². The van der Waals surface area contributed by atoms with E-state index in [0.29, 0.717) is 5.25 Å². The first-order valence-electron chi connectivity index (χ1n) is 5.83. The molecule has 1 unspecified atom stereocenters. The van der Waals surface area contributed by atoms with E-state index in [1.54, 1.807) is 11.3 Å². The first kappa shape index (κ1) is 12.4. The molecule has 18 heavy (non-hydrogen) atoms. The topological polar surface area (TPSA) is 38.9 Å². The van der Waals surface area contributed by atoms with Crippen LogP contribution in [-0.2, 0) is 0 Å². The molecule has 2 nitrogen and oxygen atoms in total. The Morgan fingerprint density at radius 1 is 1.17 bits per heavy atom.